The van der Waals surface area contributed by atoms with E-state index >= 15 is 0 Å². The highest BCUT2D eigenvalue weighted by atomic mass is 19.1. The quantitative estimate of drug-likeness (QED) is 0.216. The lowest BCUT2D eigenvalue weighted by Crippen LogP contribution is -2.55. The van der Waals surface area contributed by atoms with Crippen LogP contribution in [0.1, 0.15) is 35.6 Å². The lowest BCUT2D eigenvalue weighted by Gasteiger charge is -2.48. The zero-order valence-electron chi connectivity index (χ0n) is 21.8. The molecular weight excluding hydrogens is 512 g/mol. The van der Waals surface area contributed by atoms with E-state index in [1.54, 1.807) is 29.2 Å². The topological polar surface area (TPSA) is 48.0 Å². The second-order valence-electron chi connectivity index (χ2n) is 10.1. The van der Waals surface area contributed by atoms with Crippen LogP contribution < -0.4 is 9.64 Å². The van der Waals surface area contributed by atoms with Crippen LogP contribution in [0.4, 0.5) is 14.5 Å². The fourth-order valence-electron chi connectivity index (χ4n) is 5.56. The minimum Gasteiger partial charge on any atom is -0.489 e. The van der Waals surface area contributed by atoms with Gasteiger partial charge in [-0.3, -0.25) is 4.79 Å². The number of amides is 1. The normalized spacial score (nSPS) is 19.9. The van der Waals surface area contributed by atoms with Crippen LogP contribution in [-0.2, 0) is 26.7 Å². The van der Waals surface area contributed by atoms with Gasteiger partial charge in [-0.2, -0.15) is 0 Å². The van der Waals surface area contributed by atoms with Gasteiger partial charge in [0.2, 0.25) is 5.91 Å². The molecule has 204 valence electrons. The fourth-order valence-corrected chi connectivity index (χ4v) is 5.56. The van der Waals surface area contributed by atoms with Crippen LogP contribution in [0.5, 0.6) is 5.75 Å². The average Bonchev–Trinajstić information content (AvgIpc) is 3.47. The number of hydrogen-bond acceptors (Lipinski definition) is 4. The summed E-state index contributed by atoms with van der Waals surface area (Å²) in [7, 11) is 0. The van der Waals surface area contributed by atoms with E-state index < -0.39 is 5.79 Å². The third kappa shape index (κ3) is 5.22. The van der Waals surface area contributed by atoms with E-state index in [-0.39, 0.29) is 29.5 Å². The van der Waals surface area contributed by atoms with Crippen molar-refractivity contribution in [2.45, 2.75) is 31.3 Å². The van der Waals surface area contributed by atoms with E-state index in [2.05, 4.69) is 0 Å². The molecule has 0 aliphatic carbocycles. The summed E-state index contributed by atoms with van der Waals surface area (Å²) >= 11 is 0. The first-order chi connectivity index (χ1) is 19.5. The van der Waals surface area contributed by atoms with Crippen molar-refractivity contribution in [3.8, 4) is 5.75 Å². The standard InChI is InChI=1S/C33H29F2NO4/c34-26-10-8-25(9-11-26)33(39-20-21-40-33)19-18-30-31(36(32(30)37)28-14-12-27(35)13-15-28)24-6-16-29(17-7-24)38-22-23-4-2-1-3-5-23/h1-17,30-31H,18-22H2/t30-,31-/m1/s1. The van der Waals surface area contributed by atoms with Gasteiger partial charge in [0.25, 0.3) is 0 Å². The number of anilines is 1. The molecule has 0 bridgehead atoms. The van der Waals surface area contributed by atoms with Crippen LogP contribution in [0.15, 0.2) is 103 Å². The smallest absolute Gasteiger partial charge is 0.233 e. The lowest BCUT2D eigenvalue weighted by molar-refractivity contribution is -0.175. The molecule has 0 radical (unpaired) electrons. The number of β-lactam (4-membered cyclic amide) rings is 1. The molecule has 0 aromatic heterocycles. The molecule has 1 amide bonds. The summed E-state index contributed by atoms with van der Waals surface area (Å²) in [6, 6.07) is 29.5. The van der Waals surface area contributed by atoms with E-state index in [9.17, 15) is 13.6 Å². The van der Waals surface area contributed by atoms with Crippen molar-refractivity contribution in [2.75, 3.05) is 18.1 Å². The minimum atomic E-state index is -1.02. The van der Waals surface area contributed by atoms with Gasteiger partial charge in [0.05, 0.1) is 25.2 Å². The molecule has 5 nitrogen and oxygen atoms in total. The van der Waals surface area contributed by atoms with Crippen LogP contribution in [0, 0.1) is 17.6 Å². The largest absolute Gasteiger partial charge is 0.489 e. The van der Waals surface area contributed by atoms with Gasteiger partial charge in [-0.1, -0.05) is 54.6 Å². The molecule has 0 spiro atoms. The molecule has 7 heteroatoms. The van der Waals surface area contributed by atoms with Gasteiger partial charge in [0.1, 0.15) is 24.0 Å². The first-order valence-electron chi connectivity index (χ1n) is 13.4. The summed E-state index contributed by atoms with van der Waals surface area (Å²) in [5.41, 5.74) is 3.39. The van der Waals surface area contributed by atoms with Gasteiger partial charge >= 0.3 is 0 Å². The third-order valence-electron chi connectivity index (χ3n) is 7.61. The Hall–Kier alpha value is -4.07. The van der Waals surface area contributed by atoms with Gasteiger partial charge < -0.3 is 19.1 Å². The maximum Gasteiger partial charge on any atom is 0.233 e. The van der Waals surface area contributed by atoms with E-state index in [4.69, 9.17) is 14.2 Å². The summed E-state index contributed by atoms with van der Waals surface area (Å²) < 4.78 is 45.3. The molecule has 2 atom stereocenters. The predicted molar refractivity (Wildman–Crippen MR) is 147 cm³/mol. The monoisotopic (exact) mass is 541 g/mol. The first-order valence-corrected chi connectivity index (χ1v) is 13.4. The van der Waals surface area contributed by atoms with Crippen molar-refractivity contribution in [1.82, 2.24) is 0 Å². The van der Waals surface area contributed by atoms with Crippen molar-refractivity contribution >= 4 is 11.6 Å². The summed E-state index contributed by atoms with van der Waals surface area (Å²) in [5, 5.41) is 0. The zero-order valence-corrected chi connectivity index (χ0v) is 21.8. The first kappa shape index (κ1) is 26.2. The van der Waals surface area contributed by atoms with Crippen molar-refractivity contribution in [3.63, 3.8) is 0 Å². The molecule has 2 heterocycles. The van der Waals surface area contributed by atoms with E-state index in [1.807, 2.05) is 54.6 Å². The minimum absolute atomic E-state index is 0.0479. The highest BCUT2D eigenvalue weighted by Crippen LogP contribution is 2.48. The number of carbonyl (C=O) groups is 1. The molecule has 0 N–H and O–H groups in total. The summed E-state index contributed by atoms with van der Waals surface area (Å²) in [5.74, 6) is -1.38. The molecular formula is C33H29F2NO4. The molecule has 2 saturated heterocycles. The fraction of sp³-hybridized carbons (Fsp3) is 0.242. The summed E-state index contributed by atoms with van der Waals surface area (Å²) in [4.78, 5) is 15.2. The summed E-state index contributed by atoms with van der Waals surface area (Å²) in [6.45, 7) is 1.30. The number of halogens is 2. The third-order valence-corrected chi connectivity index (χ3v) is 7.61. The molecule has 4 aromatic rings. The molecule has 2 fully saturated rings. The number of carbonyl (C=O) groups excluding carboxylic acids is 1. The van der Waals surface area contributed by atoms with Crippen LogP contribution in [0.2, 0.25) is 0 Å². The van der Waals surface area contributed by atoms with Crippen molar-refractivity contribution in [3.05, 3.63) is 131 Å². The van der Waals surface area contributed by atoms with Crippen molar-refractivity contribution in [2.24, 2.45) is 5.92 Å². The Balaban J connectivity index is 1.23. The SMILES string of the molecule is O=C1[C@H](CCC2(c3ccc(F)cc3)OCCO2)[C@@H](c2ccc(OCc3ccccc3)cc2)N1c1ccc(F)cc1. The second kappa shape index (κ2) is 11.2. The van der Waals surface area contributed by atoms with Crippen LogP contribution in [0.3, 0.4) is 0 Å². The molecule has 6 rings (SSSR count). The lowest BCUT2D eigenvalue weighted by atomic mass is 9.77. The van der Waals surface area contributed by atoms with Gasteiger partial charge in [0.15, 0.2) is 5.79 Å². The van der Waals surface area contributed by atoms with Crippen LogP contribution in [-0.4, -0.2) is 19.1 Å². The van der Waals surface area contributed by atoms with Gasteiger partial charge in [-0.05, 0) is 66.1 Å². The predicted octanol–water partition coefficient (Wildman–Crippen LogP) is 6.93. The molecule has 2 aliphatic rings. The van der Waals surface area contributed by atoms with E-state index in [0.29, 0.717) is 38.3 Å². The number of ether oxygens (including phenoxy) is 3. The van der Waals surface area contributed by atoms with Gasteiger partial charge in [-0.15, -0.1) is 0 Å². The Bertz CT molecular complexity index is 1440. The Morgan fingerprint density at radius 2 is 1.43 bits per heavy atom. The number of hydrogen-bond donors (Lipinski definition) is 0. The zero-order chi connectivity index (χ0) is 27.5. The van der Waals surface area contributed by atoms with E-state index in [0.717, 1.165) is 22.4 Å². The van der Waals surface area contributed by atoms with E-state index in [1.165, 1.54) is 24.3 Å². The second-order valence-corrected chi connectivity index (χ2v) is 10.1. The molecule has 0 unspecified atom stereocenters. The summed E-state index contributed by atoms with van der Waals surface area (Å²) in [6.07, 6.45) is 0.923. The highest BCUT2D eigenvalue weighted by Gasteiger charge is 2.50. The Kier molecular flexibility index (Phi) is 7.32. The molecule has 2 aliphatic heterocycles. The maximum atomic E-state index is 13.7. The average molecular weight is 542 g/mol. The molecule has 4 aromatic carbocycles. The van der Waals surface area contributed by atoms with Gasteiger partial charge in [0, 0.05) is 17.7 Å². The molecule has 40 heavy (non-hydrogen) atoms. The van der Waals surface area contributed by atoms with Gasteiger partial charge in [-0.25, -0.2) is 8.78 Å². The Morgan fingerprint density at radius 1 is 0.800 bits per heavy atom. The van der Waals surface area contributed by atoms with Crippen molar-refractivity contribution < 1.29 is 27.8 Å². The Morgan fingerprint density at radius 3 is 2.08 bits per heavy atom. The number of benzene rings is 4. The maximum absolute atomic E-state index is 13.7. The number of rotatable bonds is 9. The Labute approximate surface area is 231 Å². The van der Waals surface area contributed by atoms with Crippen LogP contribution >= 0.6 is 0 Å². The van der Waals surface area contributed by atoms with Crippen molar-refractivity contribution in [1.29, 1.82) is 0 Å². The molecule has 0 saturated carbocycles. The highest BCUT2D eigenvalue weighted by molar-refractivity contribution is 6.03. The van der Waals surface area contributed by atoms with Crippen LogP contribution in [0.25, 0.3) is 0 Å². The number of nitrogens with zero attached hydrogens (tertiary/aromatic N) is 1.